The lowest BCUT2D eigenvalue weighted by atomic mass is 10.2. The summed E-state index contributed by atoms with van der Waals surface area (Å²) in [6.07, 6.45) is 0. The summed E-state index contributed by atoms with van der Waals surface area (Å²) < 4.78 is 0. The average molecular weight is 169 g/mol. The van der Waals surface area contributed by atoms with Crippen LogP contribution >= 0.6 is 11.3 Å². The molecule has 0 N–H and O–H groups in total. The van der Waals surface area contributed by atoms with Crippen molar-refractivity contribution >= 4 is 16.3 Å². The Labute approximate surface area is 72.7 Å². The predicted octanol–water partition coefficient (Wildman–Crippen LogP) is 2.74. The molecule has 0 bridgehead atoms. The Morgan fingerprint density at radius 3 is 1.73 bits per heavy atom. The van der Waals surface area contributed by atoms with Crippen molar-refractivity contribution in [2.24, 2.45) is 0 Å². The topological polar surface area (TPSA) is 3.24 Å². The minimum Gasteiger partial charge on any atom is -0.369 e. The molecule has 1 rings (SSSR count). The third kappa shape index (κ3) is 1.41. The summed E-state index contributed by atoms with van der Waals surface area (Å²) in [6.45, 7) is 6.56. The third-order valence-corrected chi connectivity index (χ3v) is 3.54. The molecule has 2 heteroatoms. The summed E-state index contributed by atoms with van der Waals surface area (Å²) in [5.41, 5.74) is 2.87. The molecule has 11 heavy (non-hydrogen) atoms. The van der Waals surface area contributed by atoms with Crippen molar-refractivity contribution in [3.63, 3.8) is 0 Å². The molecule has 0 amide bonds. The molecule has 0 aliphatic rings. The molecular weight excluding hydrogens is 154 g/mol. The largest absolute Gasteiger partial charge is 0.369 e. The highest BCUT2D eigenvalue weighted by Crippen LogP contribution is 2.32. The standard InChI is InChI=1S/C9H15NS/c1-6-7(2)9(10(4)5)11-8(6)3/h1-5H3. The van der Waals surface area contributed by atoms with Gasteiger partial charge in [0.1, 0.15) is 0 Å². The second-order valence-electron chi connectivity index (χ2n) is 3.11. The number of anilines is 1. The van der Waals surface area contributed by atoms with E-state index in [1.54, 1.807) is 0 Å². The zero-order valence-corrected chi connectivity index (χ0v) is 8.67. The molecule has 0 saturated carbocycles. The van der Waals surface area contributed by atoms with E-state index < -0.39 is 0 Å². The first-order chi connectivity index (χ1) is 5.04. The van der Waals surface area contributed by atoms with Crippen LogP contribution in [0.5, 0.6) is 0 Å². The van der Waals surface area contributed by atoms with E-state index in [2.05, 4.69) is 39.8 Å². The molecular formula is C9H15NS. The Kier molecular flexibility index (Phi) is 2.23. The van der Waals surface area contributed by atoms with Crippen molar-refractivity contribution in [2.75, 3.05) is 19.0 Å². The van der Waals surface area contributed by atoms with E-state index in [1.807, 2.05) is 11.3 Å². The fourth-order valence-corrected chi connectivity index (χ4v) is 2.23. The molecule has 1 heterocycles. The van der Waals surface area contributed by atoms with Crippen LogP contribution in [-0.4, -0.2) is 14.1 Å². The van der Waals surface area contributed by atoms with Crippen molar-refractivity contribution in [3.8, 4) is 0 Å². The zero-order chi connectivity index (χ0) is 8.59. The lowest BCUT2D eigenvalue weighted by Gasteiger charge is -2.10. The maximum atomic E-state index is 2.19. The van der Waals surface area contributed by atoms with Crippen LogP contribution < -0.4 is 4.90 Å². The zero-order valence-electron chi connectivity index (χ0n) is 7.86. The molecule has 0 spiro atoms. The van der Waals surface area contributed by atoms with E-state index >= 15 is 0 Å². The van der Waals surface area contributed by atoms with Gasteiger partial charge in [-0.25, -0.2) is 0 Å². The average Bonchev–Trinajstić information content (AvgIpc) is 2.17. The minimum absolute atomic E-state index is 1.39. The molecule has 0 radical (unpaired) electrons. The molecule has 0 aliphatic heterocycles. The van der Waals surface area contributed by atoms with Gasteiger partial charge in [0.2, 0.25) is 0 Å². The van der Waals surface area contributed by atoms with Crippen LogP contribution in [0.3, 0.4) is 0 Å². The molecule has 0 atom stereocenters. The smallest absolute Gasteiger partial charge is 0.0938 e. The second-order valence-corrected chi connectivity index (χ2v) is 4.31. The quantitative estimate of drug-likeness (QED) is 0.625. The van der Waals surface area contributed by atoms with E-state index in [0.29, 0.717) is 0 Å². The number of thiophene rings is 1. The van der Waals surface area contributed by atoms with E-state index in [-0.39, 0.29) is 0 Å². The van der Waals surface area contributed by atoms with Crippen LogP contribution in [0.4, 0.5) is 5.00 Å². The van der Waals surface area contributed by atoms with E-state index in [9.17, 15) is 0 Å². The maximum absolute atomic E-state index is 2.19. The number of hydrogen-bond donors (Lipinski definition) is 0. The van der Waals surface area contributed by atoms with Crippen molar-refractivity contribution in [1.29, 1.82) is 0 Å². The molecule has 0 unspecified atom stereocenters. The summed E-state index contributed by atoms with van der Waals surface area (Å²) >= 11 is 1.87. The van der Waals surface area contributed by atoms with Crippen LogP contribution in [0.1, 0.15) is 16.0 Å². The number of nitrogens with zero attached hydrogens (tertiary/aromatic N) is 1. The second kappa shape index (κ2) is 2.86. The van der Waals surface area contributed by atoms with Crippen LogP contribution in [0.15, 0.2) is 0 Å². The van der Waals surface area contributed by atoms with Gasteiger partial charge in [-0.05, 0) is 31.9 Å². The molecule has 0 saturated heterocycles. The van der Waals surface area contributed by atoms with Gasteiger partial charge in [-0.3, -0.25) is 0 Å². The minimum atomic E-state index is 1.39. The van der Waals surface area contributed by atoms with Gasteiger partial charge in [0.05, 0.1) is 5.00 Å². The van der Waals surface area contributed by atoms with Gasteiger partial charge in [-0.15, -0.1) is 11.3 Å². The lowest BCUT2D eigenvalue weighted by molar-refractivity contribution is 1.14. The Hall–Kier alpha value is -0.500. The first-order valence-corrected chi connectivity index (χ1v) is 4.59. The molecule has 0 aliphatic carbocycles. The Balaban J connectivity index is 3.19. The normalized spacial score (nSPS) is 10.3. The molecule has 0 aromatic carbocycles. The summed E-state index contributed by atoms with van der Waals surface area (Å²) in [5.74, 6) is 0. The van der Waals surface area contributed by atoms with E-state index in [0.717, 1.165) is 0 Å². The van der Waals surface area contributed by atoms with Gasteiger partial charge in [0.15, 0.2) is 0 Å². The summed E-state index contributed by atoms with van der Waals surface area (Å²) in [4.78, 5) is 3.62. The highest BCUT2D eigenvalue weighted by Gasteiger charge is 2.08. The molecule has 1 nitrogen and oxygen atoms in total. The Morgan fingerprint density at radius 2 is 1.55 bits per heavy atom. The first kappa shape index (κ1) is 8.60. The van der Waals surface area contributed by atoms with Crippen molar-refractivity contribution in [2.45, 2.75) is 20.8 Å². The summed E-state index contributed by atoms with van der Waals surface area (Å²) in [5, 5.41) is 1.39. The SMILES string of the molecule is Cc1sc(N(C)C)c(C)c1C. The van der Waals surface area contributed by atoms with Gasteiger partial charge in [-0.1, -0.05) is 0 Å². The number of aryl methyl sites for hydroxylation is 1. The van der Waals surface area contributed by atoms with Crippen LogP contribution in [-0.2, 0) is 0 Å². The predicted molar refractivity (Wildman–Crippen MR) is 52.9 cm³/mol. The van der Waals surface area contributed by atoms with Crippen LogP contribution in [0, 0.1) is 20.8 Å². The van der Waals surface area contributed by atoms with Crippen molar-refractivity contribution < 1.29 is 0 Å². The van der Waals surface area contributed by atoms with Crippen molar-refractivity contribution in [3.05, 3.63) is 16.0 Å². The van der Waals surface area contributed by atoms with Gasteiger partial charge < -0.3 is 4.90 Å². The number of hydrogen-bond acceptors (Lipinski definition) is 2. The molecule has 1 aromatic rings. The number of rotatable bonds is 1. The van der Waals surface area contributed by atoms with E-state index in [4.69, 9.17) is 0 Å². The maximum Gasteiger partial charge on any atom is 0.0938 e. The van der Waals surface area contributed by atoms with Crippen LogP contribution in [0.25, 0.3) is 0 Å². The molecule has 0 fully saturated rings. The molecule has 62 valence electrons. The van der Waals surface area contributed by atoms with Gasteiger partial charge in [0, 0.05) is 19.0 Å². The van der Waals surface area contributed by atoms with Gasteiger partial charge in [-0.2, -0.15) is 0 Å². The van der Waals surface area contributed by atoms with Crippen molar-refractivity contribution in [1.82, 2.24) is 0 Å². The highest BCUT2D eigenvalue weighted by atomic mass is 32.1. The molecule has 1 aromatic heterocycles. The monoisotopic (exact) mass is 169 g/mol. The fraction of sp³-hybridized carbons (Fsp3) is 0.556. The third-order valence-electron chi connectivity index (χ3n) is 2.07. The van der Waals surface area contributed by atoms with E-state index in [1.165, 1.54) is 21.0 Å². The van der Waals surface area contributed by atoms with Gasteiger partial charge in [0.25, 0.3) is 0 Å². The van der Waals surface area contributed by atoms with Gasteiger partial charge >= 0.3 is 0 Å². The first-order valence-electron chi connectivity index (χ1n) is 3.78. The van der Waals surface area contributed by atoms with Crippen LogP contribution in [0.2, 0.25) is 0 Å². The summed E-state index contributed by atoms with van der Waals surface area (Å²) in [7, 11) is 4.19. The Bertz CT molecular complexity index is 261. The lowest BCUT2D eigenvalue weighted by Crippen LogP contribution is -2.07. The summed E-state index contributed by atoms with van der Waals surface area (Å²) in [6, 6.07) is 0. The highest BCUT2D eigenvalue weighted by molar-refractivity contribution is 7.16. The Morgan fingerprint density at radius 1 is 1.00 bits per heavy atom. The fourth-order valence-electron chi connectivity index (χ4n) is 1.15.